The highest BCUT2D eigenvalue weighted by Gasteiger charge is 2.42. The molecule has 0 bridgehead atoms. The highest BCUT2D eigenvalue weighted by atomic mass is 16.5. The van der Waals surface area contributed by atoms with Crippen LogP contribution in [-0.2, 0) is 55.9 Å². The third-order valence-corrected chi connectivity index (χ3v) is 10.4. The number of aromatic nitrogens is 2. The standard InChI is InChI=1S/C34H41N3O7.2C6H8O7/c1-41-29-20-26(21-30(42-2)32(29)43-3)31(38)33(39)37-19-5-4-16-28(37)34(40)44-27(14-6-10-24-12-8-17-35-22-24)15-7-11-25-13-9-18-36-23-25;2*7-3(8)1-6(13,5(11)12)2-4(9)10/h8-9,12-13,17-18,20-23,27-28H,4-7,10-11,14-16,19H2,1-3H3;2*13H,1-2H2,(H,7,8)(H,9,10)(H,11,12). The van der Waals surface area contributed by atoms with Crippen molar-refractivity contribution >= 4 is 53.5 Å². The highest BCUT2D eigenvalue weighted by Crippen LogP contribution is 2.38. The van der Waals surface area contributed by atoms with Gasteiger partial charge in [0.2, 0.25) is 5.75 Å². The van der Waals surface area contributed by atoms with Gasteiger partial charge >= 0.3 is 41.8 Å². The predicted octanol–water partition coefficient (Wildman–Crippen LogP) is 2.53. The van der Waals surface area contributed by atoms with E-state index in [0.29, 0.717) is 38.0 Å². The fourth-order valence-corrected chi connectivity index (χ4v) is 6.98. The number of hydrogen-bond donors (Lipinski definition) is 8. The number of carbonyl (C=O) groups excluding carboxylic acids is 3. The maximum absolute atomic E-state index is 13.6. The van der Waals surface area contributed by atoms with Gasteiger partial charge in [-0.1, -0.05) is 12.1 Å². The van der Waals surface area contributed by atoms with Crippen molar-refractivity contribution in [3.8, 4) is 17.2 Å². The van der Waals surface area contributed by atoms with Crippen LogP contribution in [0.5, 0.6) is 17.2 Å². The van der Waals surface area contributed by atoms with Gasteiger partial charge in [-0.05, 0) is 93.2 Å². The average Bonchev–Trinajstić information content (AvgIpc) is 3.30. The molecule has 1 aliphatic rings. The molecule has 3 aromatic rings. The van der Waals surface area contributed by atoms with Crippen molar-refractivity contribution in [2.45, 2.75) is 107 Å². The van der Waals surface area contributed by atoms with E-state index in [-0.39, 0.29) is 23.2 Å². The molecular formula is C46H57N3O21. The van der Waals surface area contributed by atoms with Gasteiger partial charge in [0.25, 0.3) is 11.7 Å². The quantitative estimate of drug-likeness (QED) is 0.0343. The number of aryl methyl sites for hydroxylation is 2. The smallest absolute Gasteiger partial charge is 0.336 e. The monoisotopic (exact) mass is 987 g/mol. The minimum Gasteiger partial charge on any atom is -0.493 e. The van der Waals surface area contributed by atoms with E-state index in [0.717, 1.165) is 43.2 Å². The second kappa shape index (κ2) is 28.6. The Balaban J connectivity index is 0.000000527. The number of carbonyl (C=O) groups is 9. The van der Waals surface area contributed by atoms with Crippen molar-refractivity contribution < 1.29 is 103 Å². The summed E-state index contributed by atoms with van der Waals surface area (Å²) in [4.78, 5) is 111. The highest BCUT2D eigenvalue weighted by molar-refractivity contribution is 6.43. The number of benzene rings is 1. The first-order valence-electron chi connectivity index (χ1n) is 21.4. The van der Waals surface area contributed by atoms with Crippen LogP contribution in [0.3, 0.4) is 0 Å². The molecule has 0 spiro atoms. The van der Waals surface area contributed by atoms with Crippen molar-refractivity contribution in [3.05, 3.63) is 77.9 Å². The molecule has 24 heteroatoms. The number of ether oxygens (including phenoxy) is 4. The average molecular weight is 988 g/mol. The number of methoxy groups -OCH3 is 3. The van der Waals surface area contributed by atoms with E-state index in [1.54, 1.807) is 12.4 Å². The Kier molecular flexibility index (Phi) is 23.8. The van der Waals surface area contributed by atoms with E-state index in [1.807, 2.05) is 36.7 Å². The van der Waals surface area contributed by atoms with Crippen LogP contribution in [-0.4, -0.2) is 160 Å². The maximum atomic E-state index is 13.6. The van der Waals surface area contributed by atoms with Gasteiger partial charge in [0, 0.05) is 36.9 Å². The van der Waals surface area contributed by atoms with Crippen LogP contribution in [0.1, 0.15) is 92.1 Å². The molecule has 24 nitrogen and oxygen atoms in total. The third kappa shape index (κ3) is 19.1. The maximum Gasteiger partial charge on any atom is 0.336 e. The number of esters is 1. The number of piperidine rings is 1. The summed E-state index contributed by atoms with van der Waals surface area (Å²) in [5, 5.41) is 67.6. The van der Waals surface area contributed by atoms with Crippen molar-refractivity contribution in [3.63, 3.8) is 0 Å². The van der Waals surface area contributed by atoms with Gasteiger partial charge in [0.15, 0.2) is 22.7 Å². The largest absolute Gasteiger partial charge is 0.493 e. The summed E-state index contributed by atoms with van der Waals surface area (Å²) in [6, 6.07) is 9.95. The molecule has 4 rings (SSSR count). The van der Waals surface area contributed by atoms with Crippen LogP contribution in [0, 0.1) is 0 Å². The lowest BCUT2D eigenvalue weighted by molar-refractivity contribution is -0.170. The number of aliphatic carboxylic acids is 6. The number of carboxylic acids is 6. The molecule has 8 N–H and O–H groups in total. The second-order valence-corrected chi connectivity index (χ2v) is 15.8. The lowest BCUT2D eigenvalue weighted by atomic mass is 9.96. The van der Waals surface area contributed by atoms with E-state index < -0.39 is 96.4 Å². The molecule has 0 radical (unpaired) electrons. The van der Waals surface area contributed by atoms with Crippen LogP contribution in [0.25, 0.3) is 0 Å². The second-order valence-electron chi connectivity index (χ2n) is 15.8. The Morgan fingerprint density at radius 3 is 1.43 bits per heavy atom. The topological polar surface area (TPSA) is 381 Å². The van der Waals surface area contributed by atoms with Crippen LogP contribution >= 0.6 is 0 Å². The first-order valence-corrected chi connectivity index (χ1v) is 21.4. The summed E-state index contributed by atoms with van der Waals surface area (Å²) in [6.07, 6.45) is 8.82. The van der Waals surface area contributed by atoms with Gasteiger partial charge in [0.05, 0.1) is 47.0 Å². The van der Waals surface area contributed by atoms with E-state index in [4.69, 9.17) is 59.8 Å². The molecule has 1 aliphatic heterocycles. The lowest BCUT2D eigenvalue weighted by Crippen LogP contribution is -2.51. The number of ketones is 1. The van der Waals surface area contributed by atoms with Crippen molar-refractivity contribution in [1.29, 1.82) is 0 Å². The van der Waals surface area contributed by atoms with Gasteiger partial charge in [-0.3, -0.25) is 38.7 Å². The van der Waals surface area contributed by atoms with Crippen LogP contribution in [0.4, 0.5) is 0 Å². The van der Waals surface area contributed by atoms with Crippen molar-refractivity contribution in [2.75, 3.05) is 27.9 Å². The molecule has 382 valence electrons. The molecule has 70 heavy (non-hydrogen) atoms. The Hall–Kier alpha value is -7.73. The lowest BCUT2D eigenvalue weighted by Gasteiger charge is -2.34. The summed E-state index contributed by atoms with van der Waals surface area (Å²) in [5.74, 6) is -11.2. The number of amides is 1. The van der Waals surface area contributed by atoms with E-state index in [9.17, 15) is 43.2 Å². The molecule has 2 aromatic heterocycles. The normalized spacial score (nSPS) is 13.2. The summed E-state index contributed by atoms with van der Waals surface area (Å²) in [6.45, 7) is 0.293. The summed E-state index contributed by atoms with van der Waals surface area (Å²) >= 11 is 0. The number of aliphatic hydroxyl groups is 2. The molecule has 1 amide bonds. The number of nitrogens with zero attached hydrogens (tertiary/aromatic N) is 3. The van der Waals surface area contributed by atoms with Gasteiger partial charge in [-0.15, -0.1) is 0 Å². The van der Waals surface area contributed by atoms with Gasteiger partial charge in [-0.25, -0.2) is 14.4 Å². The minimum absolute atomic E-state index is 0.0888. The molecule has 0 aliphatic carbocycles. The predicted molar refractivity (Wildman–Crippen MR) is 238 cm³/mol. The van der Waals surface area contributed by atoms with Crippen LogP contribution < -0.4 is 14.2 Å². The SMILES string of the molecule is COc1cc(C(=O)C(=O)N2CCCCC2C(=O)OC(CCCc2cccnc2)CCCc2cccnc2)cc(OC)c1OC.O=C(O)CC(O)(CC(=O)O)C(=O)O.O=C(O)CC(O)(CC(=O)O)C(=O)O. The fraction of sp³-hybridized carbons (Fsp3) is 0.457. The third-order valence-electron chi connectivity index (χ3n) is 10.4. The number of hydrogen-bond acceptors (Lipinski definition) is 17. The molecule has 1 saturated heterocycles. The zero-order valence-electron chi connectivity index (χ0n) is 38.6. The summed E-state index contributed by atoms with van der Waals surface area (Å²) in [5.41, 5.74) is -3.13. The molecule has 1 fully saturated rings. The number of rotatable bonds is 25. The Labute approximate surface area is 400 Å². The summed E-state index contributed by atoms with van der Waals surface area (Å²) in [7, 11) is 4.34. The van der Waals surface area contributed by atoms with Gasteiger partial charge in [-0.2, -0.15) is 0 Å². The number of likely N-dealkylation sites (tertiary alicyclic amines) is 1. The number of carboxylic acid groups (broad SMARTS) is 6. The van der Waals surface area contributed by atoms with E-state index in [2.05, 4.69) is 9.97 Å². The van der Waals surface area contributed by atoms with E-state index in [1.165, 1.54) is 38.4 Å². The van der Waals surface area contributed by atoms with Crippen molar-refractivity contribution in [2.24, 2.45) is 0 Å². The minimum atomic E-state index is -2.74. The molecule has 3 heterocycles. The Bertz CT molecular complexity index is 2120. The molecule has 1 unspecified atom stereocenters. The number of Topliss-reactive ketones (excluding diaryl/α,β-unsaturated/α-hetero) is 1. The zero-order chi connectivity index (χ0) is 52.6. The zero-order valence-corrected chi connectivity index (χ0v) is 38.6. The molecule has 1 atom stereocenters. The first-order chi connectivity index (χ1) is 33.0. The van der Waals surface area contributed by atoms with Crippen LogP contribution in [0.15, 0.2) is 61.2 Å². The Morgan fingerprint density at radius 1 is 0.657 bits per heavy atom. The molecule has 0 saturated carbocycles. The van der Waals surface area contributed by atoms with Crippen LogP contribution in [0.2, 0.25) is 0 Å². The summed E-state index contributed by atoms with van der Waals surface area (Å²) < 4.78 is 22.2. The fourth-order valence-electron chi connectivity index (χ4n) is 6.98. The Morgan fingerprint density at radius 2 is 1.09 bits per heavy atom. The van der Waals surface area contributed by atoms with Gasteiger partial charge in [0.1, 0.15) is 12.1 Å². The molecular weight excluding hydrogens is 931 g/mol. The molecule has 1 aromatic carbocycles. The van der Waals surface area contributed by atoms with Gasteiger partial charge < -0.3 is 64.7 Å². The first kappa shape index (κ1) is 58.4. The van der Waals surface area contributed by atoms with Crippen molar-refractivity contribution in [1.82, 2.24) is 14.9 Å². The number of pyridine rings is 2. The van der Waals surface area contributed by atoms with E-state index >= 15 is 0 Å².